The van der Waals surface area contributed by atoms with Crippen LogP contribution in [-0.2, 0) is 9.59 Å². The molecule has 3 atom stereocenters. The molecule has 2 rings (SSSR count). The van der Waals surface area contributed by atoms with Gasteiger partial charge < -0.3 is 10.0 Å². The minimum atomic E-state index is -0.759. The molecule has 2 fully saturated rings. The molecule has 3 unspecified atom stereocenters. The molecule has 1 aliphatic carbocycles. The molecule has 1 saturated heterocycles. The predicted octanol–water partition coefficient (Wildman–Crippen LogP) is 3.69. The Bertz CT molecular complexity index is 419. The summed E-state index contributed by atoms with van der Waals surface area (Å²) in [5.74, 6) is 0.254. The molecule has 126 valence electrons. The average molecular weight is 309 g/mol. The lowest BCUT2D eigenvalue weighted by Gasteiger charge is -2.43. The van der Waals surface area contributed by atoms with Crippen molar-refractivity contribution in [1.29, 1.82) is 0 Å². The molecule has 0 aromatic carbocycles. The van der Waals surface area contributed by atoms with Gasteiger partial charge in [0.05, 0.1) is 0 Å². The molecule has 0 aromatic rings. The Hall–Kier alpha value is -1.06. The molecule has 22 heavy (non-hydrogen) atoms. The Labute approximate surface area is 134 Å². The third kappa shape index (κ3) is 4.47. The van der Waals surface area contributed by atoms with E-state index < -0.39 is 5.97 Å². The summed E-state index contributed by atoms with van der Waals surface area (Å²) in [5, 5.41) is 8.92. The number of likely N-dealkylation sites (tertiary alicyclic amines) is 1. The Morgan fingerprint density at radius 3 is 2.59 bits per heavy atom. The van der Waals surface area contributed by atoms with Crippen molar-refractivity contribution in [2.24, 2.45) is 17.3 Å². The largest absolute Gasteiger partial charge is 0.481 e. The smallest absolute Gasteiger partial charge is 0.303 e. The molecule has 0 bridgehead atoms. The van der Waals surface area contributed by atoms with Crippen LogP contribution in [0.5, 0.6) is 0 Å². The highest BCUT2D eigenvalue weighted by Gasteiger charge is 2.39. The van der Waals surface area contributed by atoms with Gasteiger partial charge in [-0.05, 0) is 56.3 Å². The number of rotatable bonds is 4. The van der Waals surface area contributed by atoms with Gasteiger partial charge in [0, 0.05) is 24.9 Å². The van der Waals surface area contributed by atoms with E-state index in [1.807, 2.05) is 4.90 Å². The van der Waals surface area contributed by atoms with Crippen molar-refractivity contribution in [2.45, 2.75) is 78.2 Å². The number of carboxylic acid groups (broad SMARTS) is 1. The minimum absolute atomic E-state index is 0.129. The summed E-state index contributed by atoms with van der Waals surface area (Å²) in [7, 11) is 0. The zero-order chi connectivity index (χ0) is 16.3. The van der Waals surface area contributed by atoms with Crippen LogP contribution in [0.2, 0.25) is 0 Å². The van der Waals surface area contributed by atoms with Crippen molar-refractivity contribution in [2.75, 3.05) is 6.54 Å². The molecule has 0 aromatic heterocycles. The first-order chi connectivity index (χ1) is 10.3. The maximum absolute atomic E-state index is 13.0. The van der Waals surface area contributed by atoms with Crippen molar-refractivity contribution in [3.63, 3.8) is 0 Å². The van der Waals surface area contributed by atoms with Crippen LogP contribution in [0.4, 0.5) is 0 Å². The molecule has 1 aliphatic heterocycles. The zero-order valence-corrected chi connectivity index (χ0v) is 14.3. The van der Waals surface area contributed by atoms with Gasteiger partial charge in [0.1, 0.15) is 0 Å². The molecule has 4 nitrogen and oxygen atoms in total. The van der Waals surface area contributed by atoms with Crippen molar-refractivity contribution in [3.8, 4) is 0 Å². The minimum Gasteiger partial charge on any atom is -0.481 e. The third-order valence-electron chi connectivity index (χ3n) is 5.34. The summed E-state index contributed by atoms with van der Waals surface area (Å²) in [6.45, 7) is 7.59. The average Bonchev–Trinajstić information content (AvgIpc) is 2.42. The molecule has 1 saturated carbocycles. The van der Waals surface area contributed by atoms with Gasteiger partial charge in [-0.15, -0.1) is 0 Å². The van der Waals surface area contributed by atoms with E-state index in [9.17, 15) is 9.59 Å². The van der Waals surface area contributed by atoms with Crippen LogP contribution in [0.15, 0.2) is 0 Å². The summed E-state index contributed by atoms with van der Waals surface area (Å²) in [5.41, 5.74) is 0.240. The third-order valence-corrected chi connectivity index (χ3v) is 5.34. The lowest BCUT2D eigenvalue weighted by Crippen LogP contribution is -2.48. The van der Waals surface area contributed by atoms with Crippen LogP contribution < -0.4 is 0 Å². The zero-order valence-electron chi connectivity index (χ0n) is 14.3. The Balaban J connectivity index is 2.03. The lowest BCUT2D eigenvalue weighted by molar-refractivity contribution is -0.144. The number of aliphatic carboxylic acids is 1. The second-order valence-corrected chi connectivity index (χ2v) is 8.22. The fourth-order valence-electron chi connectivity index (χ4n) is 4.65. The van der Waals surface area contributed by atoms with Gasteiger partial charge in [0.25, 0.3) is 0 Å². The highest BCUT2D eigenvalue weighted by molar-refractivity contribution is 5.79. The maximum atomic E-state index is 13.0. The van der Waals surface area contributed by atoms with Crippen molar-refractivity contribution in [3.05, 3.63) is 0 Å². The topological polar surface area (TPSA) is 57.6 Å². The van der Waals surface area contributed by atoms with Crippen molar-refractivity contribution in [1.82, 2.24) is 4.90 Å². The van der Waals surface area contributed by atoms with Crippen LogP contribution in [0.25, 0.3) is 0 Å². The maximum Gasteiger partial charge on any atom is 0.303 e. The SMILES string of the molecule is CC1CC(C(=O)N2CCCCC2CCC(=O)O)CC(C)(C)C1. The summed E-state index contributed by atoms with van der Waals surface area (Å²) in [4.78, 5) is 25.9. The number of nitrogens with zero attached hydrogens (tertiary/aromatic N) is 1. The molecule has 2 aliphatic rings. The van der Waals surface area contributed by atoms with Gasteiger partial charge in [0.15, 0.2) is 0 Å². The van der Waals surface area contributed by atoms with E-state index in [2.05, 4.69) is 20.8 Å². The Morgan fingerprint density at radius 1 is 1.23 bits per heavy atom. The van der Waals surface area contributed by atoms with Gasteiger partial charge in [0.2, 0.25) is 5.91 Å². The molecular weight excluding hydrogens is 278 g/mol. The standard InChI is InChI=1S/C18H31NO3/c1-13-10-14(12-18(2,3)11-13)17(22)19-9-5-4-6-15(19)7-8-16(20)21/h13-15H,4-12H2,1-3H3,(H,20,21). The van der Waals surface area contributed by atoms with Crippen molar-refractivity contribution < 1.29 is 14.7 Å². The molecule has 1 N–H and O–H groups in total. The van der Waals surface area contributed by atoms with E-state index in [-0.39, 0.29) is 29.7 Å². The summed E-state index contributed by atoms with van der Waals surface area (Å²) in [6, 6.07) is 0.137. The van der Waals surface area contributed by atoms with Crippen LogP contribution in [0, 0.1) is 17.3 Å². The van der Waals surface area contributed by atoms with E-state index in [0.29, 0.717) is 12.3 Å². The van der Waals surface area contributed by atoms with E-state index in [1.54, 1.807) is 0 Å². The number of hydrogen-bond donors (Lipinski definition) is 1. The number of carbonyl (C=O) groups excluding carboxylic acids is 1. The quantitative estimate of drug-likeness (QED) is 0.861. The molecular formula is C18H31NO3. The van der Waals surface area contributed by atoms with E-state index in [0.717, 1.165) is 38.6 Å². The van der Waals surface area contributed by atoms with E-state index >= 15 is 0 Å². The highest BCUT2D eigenvalue weighted by Crippen LogP contribution is 2.42. The second-order valence-electron chi connectivity index (χ2n) is 8.22. The van der Waals surface area contributed by atoms with Gasteiger partial charge in [-0.2, -0.15) is 0 Å². The fourth-order valence-corrected chi connectivity index (χ4v) is 4.65. The second kappa shape index (κ2) is 7.01. The number of hydrogen-bond acceptors (Lipinski definition) is 2. The fraction of sp³-hybridized carbons (Fsp3) is 0.889. The van der Waals surface area contributed by atoms with Gasteiger partial charge in [-0.3, -0.25) is 9.59 Å². The molecule has 1 heterocycles. The van der Waals surface area contributed by atoms with Gasteiger partial charge in [-0.1, -0.05) is 20.8 Å². The van der Waals surface area contributed by atoms with Crippen molar-refractivity contribution >= 4 is 11.9 Å². The van der Waals surface area contributed by atoms with Gasteiger partial charge in [-0.25, -0.2) is 0 Å². The number of amides is 1. The normalized spacial score (nSPS) is 31.8. The lowest BCUT2D eigenvalue weighted by atomic mass is 9.67. The molecule has 0 spiro atoms. The van der Waals surface area contributed by atoms with E-state index in [1.165, 1.54) is 6.42 Å². The van der Waals surface area contributed by atoms with Crippen LogP contribution in [-0.4, -0.2) is 34.5 Å². The first-order valence-corrected chi connectivity index (χ1v) is 8.81. The van der Waals surface area contributed by atoms with Crippen LogP contribution in [0.3, 0.4) is 0 Å². The van der Waals surface area contributed by atoms with Crippen LogP contribution >= 0.6 is 0 Å². The Kier molecular flexibility index (Phi) is 5.51. The number of carbonyl (C=O) groups is 2. The molecule has 4 heteroatoms. The summed E-state index contributed by atoms with van der Waals surface area (Å²) >= 11 is 0. The van der Waals surface area contributed by atoms with Gasteiger partial charge >= 0.3 is 5.97 Å². The van der Waals surface area contributed by atoms with E-state index in [4.69, 9.17) is 5.11 Å². The Morgan fingerprint density at radius 2 is 1.95 bits per heavy atom. The summed E-state index contributed by atoms with van der Waals surface area (Å²) in [6.07, 6.45) is 7.06. The first-order valence-electron chi connectivity index (χ1n) is 8.81. The number of piperidine rings is 1. The molecule has 1 amide bonds. The van der Waals surface area contributed by atoms with Crippen LogP contribution in [0.1, 0.15) is 72.1 Å². The monoisotopic (exact) mass is 309 g/mol. The summed E-state index contributed by atoms with van der Waals surface area (Å²) < 4.78 is 0. The molecule has 0 radical (unpaired) electrons. The number of carboxylic acids is 1. The highest BCUT2D eigenvalue weighted by atomic mass is 16.4. The predicted molar refractivity (Wildman–Crippen MR) is 86.5 cm³/mol. The first kappa shape index (κ1) is 17.3.